The van der Waals surface area contributed by atoms with E-state index in [0.717, 1.165) is 27.7 Å². The van der Waals surface area contributed by atoms with Crippen LogP contribution >= 0.6 is 0 Å². The fraction of sp³-hybridized carbons (Fsp3) is 0.179. The Labute approximate surface area is 208 Å². The van der Waals surface area contributed by atoms with E-state index in [2.05, 4.69) is 5.10 Å². The molecule has 3 aromatic carbocycles. The molecular formula is C28H25N3O5. The number of carbonyl (C=O) groups is 1. The molecule has 1 aliphatic rings. The number of methoxy groups -OCH3 is 3. The van der Waals surface area contributed by atoms with Crippen molar-refractivity contribution in [3.8, 4) is 28.5 Å². The molecule has 0 fully saturated rings. The lowest BCUT2D eigenvalue weighted by atomic mass is 10.0. The van der Waals surface area contributed by atoms with E-state index in [-0.39, 0.29) is 11.8 Å². The van der Waals surface area contributed by atoms with Crippen molar-refractivity contribution in [1.29, 1.82) is 0 Å². The maximum Gasteiger partial charge on any atom is 0.243 e. The van der Waals surface area contributed by atoms with Gasteiger partial charge in [-0.25, -0.2) is 4.98 Å². The third kappa shape index (κ3) is 4.07. The second-order valence-electron chi connectivity index (χ2n) is 8.13. The number of hydrogen-bond donors (Lipinski definition) is 0. The van der Waals surface area contributed by atoms with Gasteiger partial charge in [-0.05, 0) is 24.3 Å². The fourth-order valence-corrected chi connectivity index (χ4v) is 4.25. The number of pyridine rings is 1. The summed E-state index contributed by atoms with van der Waals surface area (Å²) < 4.78 is 22.7. The number of hydrazone groups is 1. The van der Waals surface area contributed by atoms with E-state index in [0.29, 0.717) is 22.8 Å². The average molecular weight is 484 g/mol. The zero-order valence-corrected chi connectivity index (χ0v) is 20.4. The number of aromatic nitrogens is 1. The number of rotatable bonds is 6. The van der Waals surface area contributed by atoms with E-state index in [1.165, 1.54) is 33.3 Å². The van der Waals surface area contributed by atoms with Gasteiger partial charge < -0.3 is 18.9 Å². The van der Waals surface area contributed by atoms with Crippen LogP contribution in [0.2, 0.25) is 0 Å². The molecule has 5 rings (SSSR count). The van der Waals surface area contributed by atoms with Crippen molar-refractivity contribution in [2.75, 3.05) is 21.3 Å². The Morgan fingerprint density at radius 2 is 1.53 bits per heavy atom. The van der Waals surface area contributed by atoms with Crippen molar-refractivity contribution in [3.63, 3.8) is 0 Å². The van der Waals surface area contributed by atoms with Crippen LogP contribution in [0.5, 0.6) is 17.2 Å². The summed E-state index contributed by atoms with van der Waals surface area (Å²) >= 11 is 0. The van der Waals surface area contributed by atoms with Crippen LogP contribution in [-0.4, -0.2) is 43.1 Å². The molecule has 0 aliphatic carbocycles. The van der Waals surface area contributed by atoms with Crippen LogP contribution in [-0.2, 0) is 9.53 Å². The zero-order valence-electron chi connectivity index (χ0n) is 20.4. The van der Waals surface area contributed by atoms with Crippen molar-refractivity contribution < 1.29 is 23.7 Å². The van der Waals surface area contributed by atoms with Gasteiger partial charge in [-0.15, -0.1) is 5.10 Å². The number of ether oxygens (including phenoxy) is 4. The molecular weight excluding hydrogens is 458 g/mol. The van der Waals surface area contributed by atoms with Crippen molar-refractivity contribution in [2.24, 2.45) is 5.10 Å². The molecule has 0 radical (unpaired) electrons. The first-order valence-corrected chi connectivity index (χ1v) is 11.3. The number of amides is 1. The largest absolute Gasteiger partial charge is 0.493 e. The highest BCUT2D eigenvalue weighted by Crippen LogP contribution is 2.41. The molecule has 1 amide bonds. The Morgan fingerprint density at radius 3 is 2.17 bits per heavy atom. The molecule has 1 aliphatic heterocycles. The lowest BCUT2D eigenvalue weighted by molar-refractivity contribution is -0.135. The quantitative estimate of drug-likeness (QED) is 0.377. The summed E-state index contributed by atoms with van der Waals surface area (Å²) in [4.78, 5) is 17.5. The van der Waals surface area contributed by atoms with Crippen molar-refractivity contribution in [2.45, 2.75) is 13.2 Å². The van der Waals surface area contributed by atoms with Crippen LogP contribution in [0, 0.1) is 0 Å². The molecule has 182 valence electrons. The SMILES string of the molecule is COc1cc(C2=NN(C(C)=O)C(c3cc(-c4ccccc4)nc4ccccc34)O2)cc(OC)c1OC. The lowest BCUT2D eigenvalue weighted by Crippen LogP contribution is -2.25. The van der Waals surface area contributed by atoms with E-state index in [9.17, 15) is 4.79 Å². The molecule has 1 aromatic heterocycles. The first kappa shape index (κ1) is 23.2. The molecule has 1 unspecified atom stereocenters. The number of nitrogens with zero attached hydrogens (tertiary/aromatic N) is 3. The molecule has 8 nitrogen and oxygen atoms in total. The molecule has 0 N–H and O–H groups in total. The standard InChI is InChI=1S/C28H25N3O5/c1-17(32)31-28(36-27(30-31)19-14-24(33-2)26(35-4)25(15-19)34-3)21-16-23(18-10-6-5-7-11-18)29-22-13-9-8-12-20(21)22/h5-16,28H,1-4H3. The average Bonchev–Trinajstić information content (AvgIpc) is 3.38. The Hall–Kier alpha value is -4.59. The summed E-state index contributed by atoms with van der Waals surface area (Å²) in [7, 11) is 4.62. The highest BCUT2D eigenvalue weighted by Gasteiger charge is 2.35. The highest BCUT2D eigenvalue weighted by molar-refractivity contribution is 5.98. The molecule has 36 heavy (non-hydrogen) atoms. The number of para-hydroxylation sites is 1. The number of hydrogen-bond acceptors (Lipinski definition) is 7. The lowest BCUT2D eigenvalue weighted by Gasteiger charge is -2.21. The smallest absolute Gasteiger partial charge is 0.243 e. The minimum absolute atomic E-state index is 0.260. The number of benzene rings is 3. The normalized spacial score (nSPS) is 14.8. The second-order valence-corrected chi connectivity index (χ2v) is 8.13. The molecule has 4 aromatic rings. The van der Waals surface area contributed by atoms with Crippen LogP contribution < -0.4 is 14.2 Å². The molecule has 0 saturated heterocycles. The topological polar surface area (TPSA) is 82.5 Å². The maximum absolute atomic E-state index is 12.7. The minimum Gasteiger partial charge on any atom is -0.493 e. The van der Waals surface area contributed by atoms with Gasteiger partial charge in [0.1, 0.15) is 0 Å². The van der Waals surface area contributed by atoms with Crippen LogP contribution in [0.25, 0.3) is 22.2 Å². The predicted octanol–water partition coefficient (Wildman–Crippen LogP) is 5.17. The van der Waals surface area contributed by atoms with Crippen LogP contribution in [0.1, 0.15) is 24.3 Å². The van der Waals surface area contributed by atoms with Crippen LogP contribution in [0.4, 0.5) is 0 Å². The fourth-order valence-electron chi connectivity index (χ4n) is 4.25. The van der Waals surface area contributed by atoms with Crippen molar-refractivity contribution in [3.05, 3.63) is 83.9 Å². The van der Waals surface area contributed by atoms with Gasteiger partial charge in [-0.1, -0.05) is 48.5 Å². The van der Waals surface area contributed by atoms with Gasteiger partial charge in [0.15, 0.2) is 11.5 Å². The van der Waals surface area contributed by atoms with Crippen molar-refractivity contribution in [1.82, 2.24) is 9.99 Å². The number of carbonyl (C=O) groups excluding carboxylic acids is 1. The van der Waals surface area contributed by atoms with E-state index < -0.39 is 6.23 Å². The van der Waals surface area contributed by atoms with Crippen LogP contribution in [0.15, 0.2) is 77.9 Å². The predicted molar refractivity (Wildman–Crippen MR) is 136 cm³/mol. The summed E-state index contributed by atoms with van der Waals surface area (Å²) in [6, 6.07) is 23.1. The van der Waals surface area contributed by atoms with Crippen LogP contribution in [0.3, 0.4) is 0 Å². The van der Waals surface area contributed by atoms with E-state index in [4.69, 9.17) is 23.9 Å². The van der Waals surface area contributed by atoms with Gasteiger partial charge in [0.25, 0.3) is 0 Å². The summed E-state index contributed by atoms with van der Waals surface area (Å²) in [5.74, 6) is 1.37. The first-order valence-electron chi connectivity index (χ1n) is 11.3. The minimum atomic E-state index is -0.785. The highest BCUT2D eigenvalue weighted by atomic mass is 16.5. The Bertz CT molecular complexity index is 1440. The zero-order chi connectivity index (χ0) is 25.2. The van der Waals surface area contributed by atoms with Gasteiger partial charge in [-0.2, -0.15) is 5.01 Å². The Kier molecular flexibility index (Phi) is 6.16. The van der Waals surface area contributed by atoms with Gasteiger partial charge in [0.2, 0.25) is 23.8 Å². The van der Waals surface area contributed by atoms with Gasteiger partial charge in [0.05, 0.1) is 32.5 Å². The van der Waals surface area contributed by atoms with E-state index in [1.54, 1.807) is 12.1 Å². The summed E-state index contributed by atoms with van der Waals surface area (Å²) in [5, 5.41) is 6.75. The third-order valence-electron chi connectivity index (χ3n) is 5.96. The number of fused-ring (bicyclic) bond motifs is 1. The summed E-state index contributed by atoms with van der Waals surface area (Å²) in [6.07, 6.45) is -0.785. The molecule has 2 heterocycles. The molecule has 0 bridgehead atoms. The first-order chi connectivity index (χ1) is 17.5. The van der Waals surface area contributed by atoms with Gasteiger partial charge in [-0.3, -0.25) is 4.79 Å². The Morgan fingerprint density at radius 1 is 0.861 bits per heavy atom. The molecule has 0 spiro atoms. The molecule has 1 atom stereocenters. The monoisotopic (exact) mass is 483 g/mol. The van der Waals surface area contributed by atoms with Gasteiger partial charge >= 0.3 is 0 Å². The van der Waals surface area contributed by atoms with E-state index in [1.807, 2.05) is 60.7 Å². The summed E-state index contributed by atoms with van der Waals surface area (Å²) in [6.45, 7) is 1.46. The summed E-state index contributed by atoms with van der Waals surface area (Å²) in [5.41, 5.74) is 3.89. The van der Waals surface area contributed by atoms with E-state index >= 15 is 0 Å². The van der Waals surface area contributed by atoms with Crippen molar-refractivity contribution >= 4 is 22.7 Å². The van der Waals surface area contributed by atoms with Gasteiger partial charge in [0, 0.05) is 29.0 Å². The third-order valence-corrected chi connectivity index (χ3v) is 5.96. The Balaban J connectivity index is 1.63. The maximum atomic E-state index is 12.7. The molecule has 8 heteroatoms. The second kappa shape index (κ2) is 9.58. The molecule has 0 saturated carbocycles.